The molecule has 0 aliphatic heterocycles. The molecule has 0 bridgehead atoms. The Balaban J connectivity index is 0.00000169. The van der Waals surface area contributed by atoms with Crippen molar-refractivity contribution in [3.05, 3.63) is 29.8 Å². The molecular formula is C10H14NaO2S. The monoisotopic (exact) mass is 221 g/mol. The molecule has 73 valence electrons. The van der Waals surface area contributed by atoms with Crippen LogP contribution in [-0.2, 0) is 16.5 Å². The molecule has 0 fully saturated rings. The first-order valence-corrected chi connectivity index (χ1v) is 5.23. The van der Waals surface area contributed by atoms with E-state index in [1.54, 1.807) is 12.1 Å². The predicted molar refractivity (Wildman–Crippen MR) is 59.9 cm³/mol. The fourth-order valence-electron chi connectivity index (χ4n) is 1.07. The Hall–Kier alpha value is 0.330. The Morgan fingerprint density at radius 2 is 1.57 bits per heavy atom. The van der Waals surface area contributed by atoms with Crippen molar-refractivity contribution in [1.82, 2.24) is 0 Å². The molecule has 1 rings (SSSR count). The number of rotatable bonds is 1. The van der Waals surface area contributed by atoms with Gasteiger partial charge in [-0.3, -0.25) is 0 Å². The van der Waals surface area contributed by atoms with Crippen LogP contribution in [0.25, 0.3) is 0 Å². The van der Waals surface area contributed by atoms with E-state index in [0.717, 1.165) is 0 Å². The standard InChI is InChI=1S/C10H14O2S.Na/c1-10(2,3)8-4-6-9(7-5-8)13(11)12;/h4-7H,1-3H3,(H,11,12);. The number of benzene rings is 1. The molecule has 0 aliphatic rings. The van der Waals surface area contributed by atoms with Gasteiger partial charge in [-0.2, -0.15) is 0 Å². The van der Waals surface area contributed by atoms with E-state index in [2.05, 4.69) is 20.8 Å². The van der Waals surface area contributed by atoms with Gasteiger partial charge >= 0.3 is 0 Å². The first-order chi connectivity index (χ1) is 5.91. The van der Waals surface area contributed by atoms with Gasteiger partial charge in [0.05, 0.1) is 4.90 Å². The molecule has 0 saturated heterocycles. The van der Waals surface area contributed by atoms with Crippen molar-refractivity contribution in [2.24, 2.45) is 0 Å². The van der Waals surface area contributed by atoms with E-state index >= 15 is 0 Å². The Morgan fingerprint density at radius 1 is 1.14 bits per heavy atom. The molecule has 2 nitrogen and oxygen atoms in total. The van der Waals surface area contributed by atoms with Gasteiger partial charge < -0.3 is 4.55 Å². The van der Waals surface area contributed by atoms with Gasteiger partial charge in [0, 0.05) is 29.6 Å². The van der Waals surface area contributed by atoms with Crippen molar-refractivity contribution < 1.29 is 8.76 Å². The van der Waals surface area contributed by atoms with Crippen LogP contribution >= 0.6 is 0 Å². The number of hydrogen-bond acceptors (Lipinski definition) is 1. The van der Waals surface area contributed by atoms with Crippen molar-refractivity contribution in [1.29, 1.82) is 0 Å². The minimum Gasteiger partial charge on any atom is -0.302 e. The van der Waals surface area contributed by atoms with Crippen LogP contribution in [0.5, 0.6) is 0 Å². The second-order valence-electron chi connectivity index (χ2n) is 4.02. The summed E-state index contributed by atoms with van der Waals surface area (Å²) in [4.78, 5) is 0.452. The molecule has 1 radical (unpaired) electrons. The molecule has 1 unspecified atom stereocenters. The molecule has 0 amide bonds. The molecular weight excluding hydrogens is 207 g/mol. The summed E-state index contributed by atoms with van der Waals surface area (Å²) in [7, 11) is 0. The first kappa shape index (κ1) is 14.3. The zero-order chi connectivity index (χ0) is 10.1. The van der Waals surface area contributed by atoms with Crippen molar-refractivity contribution in [2.45, 2.75) is 31.1 Å². The largest absolute Gasteiger partial charge is 0.302 e. The average molecular weight is 221 g/mol. The zero-order valence-electron chi connectivity index (χ0n) is 9.07. The summed E-state index contributed by atoms with van der Waals surface area (Å²) in [5.41, 5.74) is 1.26. The summed E-state index contributed by atoms with van der Waals surface area (Å²) in [6.07, 6.45) is 0. The van der Waals surface area contributed by atoms with Crippen LogP contribution in [0.1, 0.15) is 26.3 Å². The van der Waals surface area contributed by atoms with Crippen LogP contribution in [0.3, 0.4) is 0 Å². The topological polar surface area (TPSA) is 37.3 Å². The zero-order valence-corrected chi connectivity index (χ0v) is 11.9. The fourth-order valence-corrected chi connectivity index (χ4v) is 1.44. The van der Waals surface area contributed by atoms with E-state index in [1.165, 1.54) is 5.56 Å². The second kappa shape index (κ2) is 5.42. The summed E-state index contributed by atoms with van der Waals surface area (Å²) >= 11 is -1.86. The predicted octanol–water partition coefficient (Wildman–Crippen LogP) is 2.18. The summed E-state index contributed by atoms with van der Waals surface area (Å²) in [6, 6.07) is 7.17. The fraction of sp³-hybridized carbons (Fsp3) is 0.400. The molecule has 1 N–H and O–H groups in total. The second-order valence-corrected chi connectivity index (χ2v) is 4.99. The van der Waals surface area contributed by atoms with Crippen molar-refractivity contribution >= 4 is 40.6 Å². The maximum atomic E-state index is 10.7. The molecule has 1 atom stereocenters. The first-order valence-electron chi connectivity index (χ1n) is 4.12. The van der Waals surface area contributed by atoms with Gasteiger partial charge in [-0.25, -0.2) is 4.21 Å². The van der Waals surface area contributed by atoms with Crippen LogP contribution in [0.15, 0.2) is 29.2 Å². The van der Waals surface area contributed by atoms with Gasteiger partial charge in [-0.1, -0.05) is 32.9 Å². The van der Waals surface area contributed by atoms with Crippen LogP contribution < -0.4 is 0 Å². The quantitative estimate of drug-likeness (QED) is 0.583. The molecule has 1 aromatic carbocycles. The van der Waals surface area contributed by atoms with Gasteiger partial charge in [0.1, 0.15) is 0 Å². The third kappa shape index (κ3) is 3.83. The van der Waals surface area contributed by atoms with Crippen LogP contribution in [-0.4, -0.2) is 38.3 Å². The maximum absolute atomic E-state index is 10.7. The summed E-state index contributed by atoms with van der Waals surface area (Å²) in [6.45, 7) is 6.33. The molecule has 1 aromatic rings. The van der Waals surface area contributed by atoms with Gasteiger partial charge in [-0.05, 0) is 23.1 Å². The SMILES string of the molecule is CC(C)(C)c1ccc(S(=O)O)cc1.[Na]. The van der Waals surface area contributed by atoms with E-state index in [0.29, 0.717) is 4.90 Å². The third-order valence-corrected chi connectivity index (χ3v) is 2.60. The van der Waals surface area contributed by atoms with Gasteiger partial charge in [0.15, 0.2) is 11.1 Å². The smallest absolute Gasteiger partial charge is 0.186 e. The van der Waals surface area contributed by atoms with Crippen LogP contribution in [0.2, 0.25) is 0 Å². The van der Waals surface area contributed by atoms with Crippen molar-refractivity contribution in [3.63, 3.8) is 0 Å². The van der Waals surface area contributed by atoms with E-state index in [1.807, 2.05) is 12.1 Å². The normalized spacial score (nSPS) is 13.1. The third-order valence-electron chi connectivity index (χ3n) is 1.92. The average Bonchev–Trinajstić information content (AvgIpc) is 2.03. The van der Waals surface area contributed by atoms with E-state index in [9.17, 15) is 4.21 Å². The van der Waals surface area contributed by atoms with Crippen LogP contribution in [0, 0.1) is 0 Å². The van der Waals surface area contributed by atoms with Gasteiger partial charge in [-0.15, -0.1) is 0 Å². The van der Waals surface area contributed by atoms with Crippen LogP contribution in [0.4, 0.5) is 0 Å². The molecule has 0 aromatic heterocycles. The van der Waals surface area contributed by atoms with E-state index in [-0.39, 0.29) is 35.0 Å². The minimum atomic E-state index is -1.86. The van der Waals surface area contributed by atoms with Gasteiger partial charge in [0.25, 0.3) is 0 Å². The molecule has 0 saturated carbocycles. The Morgan fingerprint density at radius 3 is 1.86 bits per heavy atom. The molecule has 4 heteroatoms. The Kier molecular flexibility index (Phi) is 5.55. The minimum absolute atomic E-state index is 0. The van der Waals surface area contributed by atoms with Gasteiger partial charge in [0.2, 0.25) is 0 Å². The summed E-state index contributed by atoms with van der Waals surface area (Å²) in [5, 5.41) is 0. The maximum Gasteiger partial charge on any atom is 0.186 e. The Labute approximate surface area is 110 Å². The van der Waals surface area contributed by atoms with Crippen molar-refractivity contribution in [3.8, 4) is 0 Å². The van der Waals surface area contributed by atoms with E-state index in [4.69, 9.17) is 4.55 Å². The Bertz CT molecular complexity index is 314. The molecule has 0 heterocycles. The summed E-state index contributed by atoms with van der Waals surface area (Å²) in [5.74, 6) is 0. The molecule has 0 aliphatic carbocycles. The van der Waals surface area contributed by atoms with E-state index < -0.39 is 11.1 Å². The van der Waals surface area contributed by atoms with Crippen molar-refractivity contribution in [2.75, 3.05) is 0 Å². The molecule has 14 heavy (non-hydrogen) atoms. The molecule has 0 spiro atoms. The number of hydrogen-bond donors (Lipinski definition) is 1. The summed E-state index contributed by atoms with van der Waals surface area (Å²) < 4.78 is 19.5.